The molecule has 0 fully saturated rings. The average Bonchev–Trinajstić information content (AvgIpc) is 2.38. The molecule has 1 aromatic carbocycles. The second kappa shape index (κ2) is 7.82. The number of nitrogens with one attached hydrogen (secondary N) is 1. The van der Waals surface area contributed by atoms with Crippen molar-refractivity contribution in [3.05, 3.63) is 29.3 Å². The molecule has 3 heteroatoms. The Morgan fingerprint density at radius 2 is 1.74 bits per heavy atom. The van der Waals surface area contributed by atoms with E-state index in [1.54, 1.807) is 0 Å². The number of nitrogens with two attached hydrogens (primary N) is 1. The van der Waals surface area contributed by atoms with Crippen molar-refractivity contribution < 1.29 is 0 Å². The minimum absolute atomic E-state index is 0.151. The van der Waals surface area contributed by atoms with Crippen LogP contribution in [0.1, 0.15) is 50.7 Å². The fourth-order valence-corrected chi connectivity index (χ4v) is 2.21. The molecule has 0 radical (unpaired) electrons. The molecule has 0 aliphatic rings. The number of benzene rings is 1. The second-order valence-corrected chi connectivity index (χ2v) is 5.11. The number of nitrogens with zero attached hydrogens (tertiary/aromatic N) is 1. The van der Waals surface area contributed by atoms with Crippen LogP contribution in [0.2, 0.25) is 0 Å². The lowest BCUT2D eigenvalue weighted by Gasteiger charge is -2.25. The third-order valence-corrected chi connectivity index (χ3v) is 3.43. The lowest BCUT2D eigenvalue weighted by Crippen LogP contribution is -2.26. The summed E-state index contributed by atoms with van der Waals surface area (Å²) in [5.41, 5.74) is 8.75. The standard InChI is InChI=1S/C16H27N3/c1-4-6-10-19(11-7-5-2)14-8-9-15(16(17)18)13(3)12-14/h8-9,12H,4-7,10-11H2,1-3H3,(H3,17,18). The number of unbranched alkanes of at least 4 members (excludes halogenated alkanes) is 2. The van der Waals surface area contributed by atoms with Gasteiger partial charge in [-0.2, -0.15) is 0 Å². The van der Waals surface area contributed by atoms with Gasteiger partial charge >= 0.3 is 0 Å². The molecular weight excluding hydrogens is 234 g/mol. The first kappa shape index (κ1) is 15.5. The molecule has 3 N–H and O–H groups in total. The molecule has 106 valence electrons. The lowest BCUT2D eigenvalue weighted by molar-refractivity contribution is 0.678. The normalized spacial score (nSPS) is 10.5. The summed E-state index contributed by atoms with van der Waals surface area (Å²) in [4.78, 5) is 2.45. The van der Waals surface area contributed by atoms with Crippen LogP contribution in [0.4, 0.5) is 5.69 Å². The summed E-state index contributed by atoms with van der Waals surface area (Å²) in [7, 11) is 0. The van der Waals surface area contributed by atoms with E-state index in [9.17, 15) is 0 Å². The molecule has 0 bridgehead atoms. The quantitative estimate of drug-likeness (QED) is 0.554. The molecule has 0 saturated heterocycles. The van der Waals surface area contributed by atoms with E-state index < -0.39 is 0 Å². The minimum atomic E-state index is 0.151. The minimum Gasteiger partial charge on any atom is -0.384 e. The number of rotatable bonds is 8. The highest BCUT2D eigenvalue weighted by molar-refractivity contribution is 5.96. The van der Waals surface area contributed by atoms with Gasteiger partial charge in [0.25, 0.3) is 0 Å². The van der Waals surface area contributed by atoms with Crippen LogP contribution in [0.3, 0.4) is 0 Å². The molecule has 0 atom stereocenters. The van der Waals surface area contributed by atoms with Gasteiger partial charge in [-0.1, -0.05) is 26.7 Å². The molecule has 0 saturated carbocycles. The fraction of sp³-hybridized carbons (Fsp3) is 0.562. The summed E-state index contributed by atoms with van der Waals surface area (Å²) < 4.78 is 0. The van der Waals surface area contributed by atoms with Crippen LogP contribution in [0.5, 0.6) is 0 Å². The summed E-state index contributed by atoms with van der Waals surface area (Å²) in [6.45, 7) is 8.69. The van der Waals surface area contributed by atoms with Crippen LogP contribution < -0.4 is 10.6 Å². The molecule has 0 unspecified atom stereocenters. The maximum atomic E-state index is 7.54. The van der Waals surface area contributed by atoms with Crippen LogP contribution in [0.25, 0.3) is 0 Å². The molecule has 0 aliphatic carbocycles. The summed E-state index contributed by atoms with van der Waals surface area (Å²) in [5.74, 6) is 0.151. The van der Waals surface area contributed by atoms with Crippen molar-refractivity contribution >= 4 is 11.5 Å². The Kier molecular flexibility index (Phi) is 6.40. The van der Waals surface area contributed by atoms with Gasteiger partial charge in [0.1, 0.15) is 5.84 Å². The van der Waals surface area contributed by atoms with E-state index in [1.165, 1.54) is 31.4 Å². The van der Waals surface area contributed by atoms with Crippen LogP contribution in [-0.2, 0) is 0 Å². The Hall–Kier alpha value is -1.51. The highest BCUT2D eigenvalue weighted by Gasteiger charge is 2.08. The van der Waals surface area contributed by atoms with Crippen LogP contribution in [0, 0.1) is 12.3 Å². The van der Waals surface area contributed by atoms with Crippen molar-refractivity contribution in [2.75, 3.05) is 18.0 Å². The first-order valence-electron chi connectivity index (χ1n) is 7.30. The van der Waals surface area contributed by atoms with Crippen molar-refractivity contribution in [3.8, 4) is 0 Å². The number of nitrogen functional groups attached to an aromatic ring is 1. The van der Waals surface area contributed by atoms with Gasteiger partial charge in [-0.15, -0.1) is 0 Å². The molecule has 0 spiro atoms. The third kappa shape index (κ3) is 4.58. The summed E-state index contributed by atoms with van der Waals surface area (Å²) >= 11 is 0. The number of amidine groups is 1. The molecule has 0 amide bonds. The van der Waals surface area contributed by atoms with Crippen LogP contribution in [0.15, 0.2) is 18.2 Å². The SMILES string of the molecule is CCCCN(CCCC)c1ccc(C(=N)N)c(C)c1. The second-order valence-electron chi connectivity index (χ2n) is 5.11. The first-order valence-corrected chi connectivity index (χ1v) is 7.30. The fourth-order valence-electron chi connectivity index (χ4n) is 2.21. The van der Waals surface area contributed by atoms with Gasteiger partial charge in [-0.3, -0.25) is 5.41 Å². The Morgan fingerprint density at radius 1 is 1.16 bits per heavy atom. The smallest absolute Gasteiger partial charge is 0.123 e. The van der Waals surface area contributed by atoms with Gasteiger partial charge in [0.15, 0.2) is 0 Å². The number of aryl methyl sites for hydroxylation is 1. The van der Waals surface area contributed by atoms with E-state index in [0.717, 1.165) is 24.2 Å². The van der Waals surface area contributed by atoms with Crippen molar-refractivity contribution in [1.82, 2.24) is 0 Å². The van der Waals surface area contributed by atoms with Gasteiger partial charge in [0, 0.05) is 24.3 Å². The zero-order valence-electron chi connectivity index (χ0n) is 12.5. The topological polar surface area (TPSA) is 53.1 Å². The highest BCUT2D eigenvalue weighted by atomic mass is 15.1. The van der Waals surface area contributed by atoms with E-state index in [4.69, 9.17) is 11.1 Å². The number of anilines is 1. The highest BCUT2D eigenvalue weighted by Crippen LogP contribution is 2.20. The molecule has 1 rings (SSSR count). The molecule has 3 nitrogen and oxygen atoms in total. The van der Waals surface area contributed by atoms with Crippen LogP contribution in [-0.4, -0.2) is 18.9 Å². The van der Waals surface area contributed by atoms with E-state index in [-0.39, 0.29) is 5.84 Å². The van der Waals surface area contributed by atoms with E-state index >= 15 is 0 Å². The first-order chi connectivity index (χ1) is 9.10. The summed E-state index contributed by atoms with van der Waals surface area (Å²) in [6, 6.07) is 6.22. The van der Waals surface area contributed by atoms with Gasteiger partial charge < -0.3 is 10.6 Å². The van der Waals surface area contributed by atoms with Crippen LogP contribution >= 0.6 is 0 Å². The summed E-state index contributed by atoms with van der Waals surface area (Å²) in [5, 5.41) is 7.54. The maximum absolute atomic E-state index is 7.54. The Balaban J connectivity index is 2.88. The maximum Gasteiger partial charge on any atom is 0.123 e. The average molecular weight is 261 g/mol. The van der Waals surface area contributed by atoms with Gasteiger partial charge in [-0.05, 0) is 43.5 Å². The van der Waals surface area contributed by atoms with E-state index in [2.05, 4.69) is 30.9 Å². The molecular formula is C16H27N3. The Labute approximate surface area is 117 Å². The van der Waals surface area contributed by atoms with Crippen molar-refractivity contribution in [2.24, 2.45) is 5.73 Å². The Morgan fingerprint density at radius 3 is 2.16 bits per heavy atom. The largest absolute Gasteiger partial charge is 0.384 e. The summed E-state index contributed by atoms with van der Waals surface area (Å²) in [6.07, 6.45) is 4.87. The van der Waals surface area contributed by atoms with Crippen molar-refractivity contribution in [2.45, 2.75) is 46.5 Å². The zero-order valence-corrected chi connectivity index (χ0v) is 12.5. The predicted molar refractivity (Wildman–Crippen MR) is 84.2 cm³/mol. The van der Waals surface area contributed by atoms with Crippen molar-refractivity contribution in [1.29, 1.82) is 5.41 Å². The van der Waals surface area contributed by atoms with Gasteiger partial charge in [0.2, 0.25) is 0 Å². The van der Waals surface area contributed by atoms with Crippen molar-refractivity contribution in [3.63, 3.8) is 0 Å². The molecule has 0 heterocycles. The van der Waals surface area contributed by atoms with E-state index in [1.807, 2.05) is 13.0 Å². The monoisotopic (exact) mass is 261 g/mol. The third-order valence-electron chi connectivity index (χ3n) is 3.43. The number of hydrogen-bond donors (Lipinski definition) is 2. The van der Waals surface area contributed by atoms with Gasteiger partial charge in [0.05, 0.1) is 0 Å². The molecule has 0 aliphatic heterocycles. The molecule has 0 aromatic heterocycles. The van der Waals surface area contributed by atoms with E-state index in [0.29, 0.717) is 0 Å². The molecule has 19 heavy (non-hydrogen) atoms. The predicted octanol–water partition coefficient (Wildman–Crippen LogP) is 3.69. The zero-order chi connectivity index (χ0) is 14.3. The lowest BCUT2D eigenvalue weighted by atomic mass is 10.1. The Bertz CT molecular complexity index is 404. The number of hydrogen-bond acceptors (Lipinski definition) is 2. The molecule has 1 aromatic rings. The van der Waals surface area contributed by atoms with Gasteiger partial charge in [-0.25, -0.2) is 0 Å².